The van der Waals surface area contributed by atoms with Crippen molar-refractivity contribution in [2.75, 3.05) is 26.9 Å². The van der Waals surface area contributed by atoms with Gasteiger partial charge in [-0.3, -0.25) is 4.79 Å². The van der Waals surface area contributed by atoms with Gasteiger partial charge in [0.1, 0.15) is 11.5 Å². The highest BCUT2D eigenvalue weighted by Gasteiger charge is 2.53. The van der Waals surface area contributed by atoms with E-state index in [2.05, 4.69) is 28.2 Å². The average molecular weight is 596 g/mol. The predicted octanol–water partition coefficient (Wildman–Crippen LogP) is 5.63. The number of aliphatic imine (C=N–C) groups is 1. The van der Waals surface area contributed by atoms with Gasteiger partial charge in [0.2, 0.25) is 5.90 Å². The number of nitrogens with zero attached hydrogens (tertiary/aromatic N) is 1. The van der Waals surface area contributed by atoms with Crippen LogP contribution in [0.5, 0.6) is 11.5 Å². The fourth-order valence-electron chi connectivity index (χ4n) is 4.53. The summed E-state index contributed by atoms with van der Waals surface area (Å²) in [5, 5.41) is 12.1. The van der Waals surface area contributed by atoms with Crippen molar-refractivity contribution < 1.29 is 24.1 Å². The van der Waals surface area contributed by atoms with Gasteiger partial charge < -0.3 is 24.6 Å². The van der Waals surface area contributed by atoms with Gasteiger partial charge in [-0.15, -0.1) is 0 Å². The standard InChI is InChI=1S/C31H35BrN2O5/c1-3-4-17-33-30(36)31(21-22-9-13-25(32)14-10-22)28(24-7-5-8-27(20-24)37-2)39-29(34-31)23-11-15-26(16-12-23)38-19-6-18-35/h5,7-16,20,28,35H,3-4,6,17-19,21H2,1-2H3,(H,33,36)/t28-,31-/m1/s1. The molecule has 39 heavy (non-hydrogen) atoms. The van der Waals surface area contributed by atoms with E-state index in [1.54, 1.807) is 7.11 Å². The van der Waals surface area contributed by atoms with Crippen molar-refractivity contribution in [3.8, 4) is 11.5 Å². The zero-order chi connectivity index (χ0) is 27.7. The molecule has 0 saturated carbocycles. The molecule has 2 N–H and O–H groups in total. The minimum absolute atomic E-state index is 0.0785. The molecule has 0 radical (unpaired) electrons. The van der Waals surface area contributed by atoms with Gasteiger partial charge in [0, 0.05) is 36.0 Å². The van der Waals surface area contributed by atoms with Gasteiger partial charge in [-0.25, -0.2) is 4.99 Å². The molecular weight excluding hydrogens is 560 g/mol. The van der Waals surface area contributed by atoms with Crippen molar-refractivity contribution in [2.45, 2.75) is 44.2 Å². The Morgan fingerprint density at radius 3 is 2.54 bits per heavy atom. The Balaban J connectivity index is 1.77. The molecule has 8 heteroatoms. The van der Waals surface area contributed by atoms with Crippen LogP contribution in [0.15, 0.2) is 82.3 Å². The summed E-state index contributed by atoms with van der Waals surface area (Å²) >= 11 is 3.50. The monoisotopic (exact) mass is 594 g/mol. The lowest BCUT2D eigenvalue weighted by Gasteiger charge is -2.31. The minimum atomic E-state index is -1.24. The van der Waals surface area contributed by atoms with E-state index < -0.39 is 11.6 Å². The lowest BCUT2D eigenvalue weighted by atomic mass is 9.82. The first-order valence-electron chi connectivity index (χ1n) is 13.3. The van der Waals surface area contributed by atoms with Crippen molar-refractivity contribution in [1.82, 2.24) is 5.32 Å². The number of hydrogen-bond acceptors (Lipinski definition) is 6. The van der Waals surface area contributed by atoms with Gasteiger partial charge in [0.15, 0.2) is 11.6 Å². The highest BCUT2D eigenvalue weighted by atomic mass is 79.9. The molecule has 3 aromatic carbocycles. The Morgan fingerprint density at radius 1 is 1.08 bits per heavy atom. The first-order valence-corrected chi connectivity index (χ1v) is 14.1. The van der Waals surface area contributed by atoms with Crippen molar-refractivity contribution >= 4 is 27.7 Å². The lowest BCUT2D eigenvalue weighted by molar-refractivity contribution is -0.128. The Labute approximate surface area is 238 Å². The van der Waals surface area contributed by atoms with Gasteiger partial charge in [-0.2, -0.15) is 0 Å². The molecule has 7 nitrogen and oxygen atoms in total. The molecule has 1 aliphatic rings. The molecule has 3 aromatic rings. The number of carbonyl (C=O) groups excluding carboxylic acids is 1. The number of unbranched alkanes of at least 4 members (excludes halogenated alkanes) is 1. The average Bonchev–Trinajstić information content (AvgIpc) is 3.35. The summed E-state index contributed by atoms with van der Waals surface area (Å²) in [6, 6.07) is 23.0. The third kappa shape index (κ3) is 6.99. The Morgan fingerprint density at radius 2 is 1.85 bits per heavy atom. The van der Waals surface area contributed by atoms with Crippen LogP contribution in [0, 0.1) is 0 Å². The van der Waals surface area contributed by atoms with Crippen LogP contribution in [0.3, 0.4) is 0 Å². The van der Waals surface area contributed by atoms with Crippen LogP contribution >= 0.6 is 15.9 Å². The molecule has 4 rings (SSSR count). The molecule has 0 aliphatic carbocycles. The van der Waals surface area contributed by atoms with E-state index in [0.29, 0.717) is 43.4 Å². The molecule has 0 unspecified atom stereocenters. The number of amides is 1. The SMILES string of the molecule is CCCCNC(=O)[C@]1(Cc2ccc(Br)cc2)N=C(c2ccc(OCCCO)cc2)O[C@@H]1c1cccc(OC)c1. The van der Waals surface area contributed by atoms with E-state index in [4.69, 9.17) is 24.3 Å². The van der Waals surface area contributed by atoms with Gasteiger partial charge in [-0.1, -0.05) is 53.5 Å². The smallest absolute Gasteiger partial charge is 0.252 e. The van der Waals surface area contributed by atoms with E-state index in [9.17, 15) is 4.79 Å². The largest absolute Gasteiger partial charge is 0.497 e. The second kappa shape index (κ2) is 13.6. The van der Waals surface area contributed by atoms with E-state index in [1.165, 1.54) is 0 Å². The number of nitrogens with one attached hydrogen (secondary N) is 1. The Kier molecular flexibility index (Phi) is 10.0. The van der Waals surface area contributed by atoms with Gasteiger partial charge >= 0.3 is 0 Å². The summed E-state index contributed by atoms with van der Waals surface area (Å²) in [6.45, 7) is 3.16. The summed E-state index contributed by atoms with van der Waals surface area (Å²) in [4.78, 5) is 19.1. The molecule has 1 heterocycles. The summed E-state index contributed by atoms with van der Waals surface area (Å²) in [6.07, 6.45) is 2.08. The molecule has 1 aliphatic heterocycles. The number of benzene rings is 3. The summed E-state index contributed by atoms with van der Waals surface area (Å²) in [5.41, 5.74) is 1.29. The zero-order valence-corrected chi connectivity index (χ0v) is 23.9. The normalized spacial score (nSPS) is 18.3. The van der Waals surface area contributed by atoms with E-state index >= 15 is 0 Å². The Hall–Kier alpha value is -3.36. The maximum Gasteiger partial charge on any atom is 0.252 e. The van der Waals surface area contributed by atoms with Gasteiger partial charge in [0.05, 0.1) is 13.7 Å². The summed E-state index contributed by atoms with van der Waals surface area (Å²) in [5.74, 6) is 1.59. The summed E-state index contributed by atoms with van der Waals surface area (Å²) in [7, 11) is 1.62. The highest BCUT2D eigenvalue weighted by Crippen LogP contribution is 2.43. The van der Waals surface area contributed by atoms with E-state index in [-0.39, 0.29) is 12.5 Å². The molecule has 1 amide bonds. The maximum atomic E-state index is 14.1. The van der Waals surface area contributed by atoms with Crippen molar-refractivity contribution in [2.24, 2.45) is 4.99 Å². The fourth-order valence-corrected chi connectivity index (χ4v) is 4.80. The molecule has 2 atom stereocenters. The zero-order valence-electron chi connectivity index (χ0n) is 22.4. The molecular formula is C31H35BrN2O5. The number of carbonyl (C=O) groups is 1. The van der Waals surface area contributed by atoms with E-state index in [1.807, 2.05) is 72.8 Å². The highest BCUT2D eigenvalue weighted by molar-refractivity contribution is 9.10. The number of aliphatic hydroxyl groups excluding tert-OH is 1. The molecule has 0 saturated heterocycles. The van der Waals surface area contributed by atoms with Crippen LogP contribution in [0.4, 0.5) is 0 Å². The first kappa shape index (κ1) is 28.6. The minimum Gasteiger partial charge on any atom is -0.497 e. The fraction of sp³-hybridized carbons (Fsp3) is 0.355. The first-order chi connectivity index (χ1) is 19.0. The number of methoxy groups -OCH3 is 1. The summed E-state index contributed by atoms with van der Waals surface area (Å²) < 4.78 is 18.7. The molecule has 206 valence electrons. The molecule has 0 aromatic heterocycles. The number of rotatable bonds is 13. The van der Waals surface area contributed by atoms with Crippen LogP contribution < -0.4 is 14.8 Å². The second-order valence-corrected chi connectivity index (χ2v) is 10.4. The topological polar surface area (TPSA) is 89.4 Å². The lowest BCUT2D eigenvalue weighted by Crippen LogP contribution is -2.50. The van der Waals surface area contributed by atoms with Crippen LogP contribution in [0.25, 0.3) is 0 Å². The third-order valence-corrected chi connectivity index (χ3v) is 7.16. The maximum absolute atomic E-state index is 14.1. The second-order valence-electron chi connectivity index (χ2n) is 9.48. The van der Waals surface area contributed by atoms with E-state index in [0.717, 1.165) is 34.0 Å². The van der Waals surface area contributed by atoms with Crippen molar-refractivity contribution in [1.29, 1.82) is 0 Å². The van der Waals surface area contributed by atoms with Crippen LogP contribution in [0.2, 0.25) is 0 Å². The third-order valence-electron chi connectivity index (χ3n) is 6.63. The van der Waals surface area contributed by atoms with Gasteiger partial charge in [0.25, 0.3) is 5.91 Å². The van der Waals surface area contributed by atoms with Crippen LogP contribution in [-0.2, 0) is 16.0 Å². The van der Waals surface area contributed by atoms with Crippen molar-refractivity contribution in [3.05, 3.63) is 94.0 Å². The molecule has 0 spiro atoms. The number of aliphatic hydroxyl groups is 1. The number of ether oxygens (including phenoxy) is 3. The number of hydrogen-bond donors (Lipinski definition) is 2. The van der Waals surface area contributed by atoms with Crippen molar-refractivity contribution in [3.63, 3.8) is 0 Å². The van der Waals surface area contributed by atoms with Crippen LogP contribution in [-0.4, -0.2) is 49.3 Å². The predicted molar refractivity (Wildman–Crippen MR) is 155 cm³/mol. The van der Waals surface area contributed by atoms with Crippen LogP contribution in [0.1, 0.15) is 49.0 Å². The molecule has 0 fully saturated rings. The quantitative estimate of drug-likeness (QED) is 0.250. The Bertz CT molecular complexity index is 1260. The van der Waals surface area contributed by atoms with Gasteiger partial charge in [-0.05, 0) is 66.1 Å². The molecule has 0 bridgehead atoms. The number of halogens is 1.